The fourth-order valence-corrected chi connectivity index (χ4v) is 4.33. The summed E-state index contributed by atoms with van der Waals surface area (Å²) < 4.78 is 58.1. The minimum absolute atomic E-state index is 0.243. The number of aryl methyl sites for hydroxylation is 1. The number of sulfonamides is 1. The molecule has 10 heteroatoms. The number of rotatable bonds is 7. The molecule has 1 fully saturated rings. The minimum Gasteiger partial charge on any atom is -0.338 e. The molecule has 0 amide bonds. The van der Waals surface area contributed by atoms with Gasteiger partial charge in [0.25, 0.3) is 0 Å². The van der Waals surface area contributed by atoms with Crippen molar-refractivity contribution < 1.29 is 21.7 Å². The van der Waals surface area contributed by atoms with Gasteiger partial charge in [-0.3, -0.25) is 4.90 Å². The second kappa shape index (κ2) is 8.41. The molecule has 3 rings (SSSR count). The van der Waals surface area contributed by atoms with Crippen LogP contribution in [0.3, 0.4) is 0 Å². The molecule has 1 saturated heterocycles. The first-order chi connectivity index (χ1) is 12.9. The summed E-state index contributed by atoms with van der Waals surface area (Å²) in [5, 5.41) is 3.94. The Balaban J connectivity index is 1.58. The molecule has 0 atom stereocenters. The molecule has 27 heavy (non-hydrogen) atoms. The number of benzene rings is 1. The molecule has 1 aliphatic rings. The monoisotopic (exact) mass is 400 g/mol. The van der Waals surface area contributed by atoms with Crippen molar-refractivity contribution in [3.05, 3.63) is 41.5 Å². The maximum absolute atomic E-state index is 13.4. The van der Waals surface area contributed by atoms with E-state index in [1.54, 1.807) is 0 Å². The molecule has 0 spiro atoms. The van der Waals surface area contributed by atoms with Gasteiger partial charge in [0.05, 0.1) is 11.4 Å². The third-order valence-electron chi connectivity index (χ3n) is 4.48. The van der Waals surface area contributed by atoms with Crippen molar-refractivity contribution in [3.63, 3.8) is 0 Å². The Morgan fingerprint density at radius 1 is 1.15 bits per heavy atom. The summed E-state index contributed by atoms with van der Waals surface area (Å²) >= 11 is 0. The molecular weight excluding hydrogens is 378 g/mol. The first kappa shape index (κ1) is 19.8. The Labute approximate surface area is 157 Å². The average molecular weight is 400 g/mol. The average Bonchev–Trinajstić information content (AvgIpc) is 3.10. The van der Waals surface area contributed by atoms with E-state index < -0.39 is 21.7 Å². The summed E-state index contributed by atoms with van der Waals surface area (Å²) in [5.74, 6) is -1.05. The van der Waals surface area contributed by atoms with Crippen molar-refractivity contribution in [2.24, 2.45) is 0 Å². The Hall–Kier alpha value is -1.91. The van der Waals surface area contributed by atoms with Crippen molar-refractivity contribution in [1.82, 2.24) is 19.3 Å². The zero-order valence-electron chi connectivity index (χ0n) is 15.1. The number of aromatic nitrogens is 2. The molecule has 0 N–H and O–H groups in total. The molecule has 2 heterocycles. The van der Waals surface area contributed by atoms with Crippen LogP contribution < -0.4 is 0 Å². The Kier molecular flexibility index (Phi) is 6.18. The lowest BCUT2D eigenvalue weighted by atomic mass is 10.2. The van der Waals surface area contributed by atoms with Gasteiger partial charge in [0.2, 0.25) is 15.9 Å². The van der Waals surface area contributed by atoms with Crippen molar-refractivity contribution >= 4 is 10.0 Å². The molecule has 1 aromatic heterocycles. The maximum Gasteiger partial charge on any atom is 0.243 e. The first-order valence-corrected chi connectivity index (χ1v) is 10.3. The summed E-state index contributed by atoms with van der Waals surface area (Å²) in [4.78, 5) is 6.13. The fraction of sp³-hybridized carbons (Fsp3) is 0.529. The van der Waals surface area contributed by atoms with Gasteiger partial charge in [0.1, 0.15) is 0 Å². The van der Waals surface area contributed by atoms with Crippen LogP contribution in [-0.4, -0.2) is 53.9 Å². The molecule has 148 valence electrons. The SMILES string of the molecule is CCCCc1noc(CN2CCN(S(=O)(=O)c3ccc(F)c(F)c3)CC2)n1. The van der Waals surface area contributed by atoms with Crippen molar-refractivity contribution in [2.75, 3.05) is 26.2 Å². The maximum atomic E-state index is 13.4. The van der Waals surface area contributed by atoms with Gasteiger partial charge in [-0.05, 0) is 24.6 Å². The highest BCUT2D eigenvalue weighted by Crippen LogP contribution is 2.20. The van der Waals surface area contributed by atoms with Crippen LogP contribution in [0.25, 0.3) is 0 Å². The van der Waals surface area contributed by atoms with Crippen LogP contribution in [-0.2, 0) is 23.0 Å². The van der Waals surface area contributed by atoms with Gasteiger partial charge in [-0.1, -0.05) is 18.5 Å². The largest absolute Gasteiger partial charge is 0.338 e. The van der Waals surface area contributed by atoms with Crippen LogP contribution in [0.2, 0.25) is 0 Å². The second-order valence-corrected chi connectivity index (χ2v) is 8.40. The number of halogens is 2. The fourth-order valence-electron chi connectivity index (χ4n) is 2.90. The first-order valence-electron chi connectivity index (χ1n) is 8.89. The van der Waals surface area contributed by atoms with Gasteiger partial charge >= 0.3 is 0 Å². The summed E-state index contributed by atoms with van der Waals surface area (Å²) in [7, 11) is -3.86. The number of hydrogen-bond acceptors (Lipinski definition) is 6. The lowest BCUT2D eigenvalue weighted by molar-refractivity contribution is 0.163. The van der Waals surface area contributed by atoms with E-state index in [0.717, 1.165) is 31.4 Å². The van der Waals surface area contributed by atoms with Crippen molar-refractivity contribution in [3.8, 4) is 0 Å². The van der Waals surface area contributed by atoms with Gasteiger partial charge < -0.3 is 4.52 Å². The molecule has 0 bridgehead atoms. The molecule has 1 aliphatic heterocycles. The topological polar surface area (TPSA) is 79.5 Å². The second-order valence-electron chi connectivity index (χ2n) is 6.46. The van der Waals surface area contributed by atoms with E-state index in [-0.39, 0.29) is 18.0 Å². The van der Waals surface area contributed by atoms with Crippen LogP contribution in [0.1, 0.15) is 31.5 Å². The lowest BCUT2D eigenvalue weighted by Gasteiger charge is -2.33. The number of hydrogen-bond donors (Lipinski definition) is 0. The van der Waals surface area contributed by atoms with Gasteiger partial charge in [0, 0.05) is 32.6 Å². The van der Waals surface area contributed by atoms with E-state index in [2.05, 4.69) is 17.1 Å². The highest BCUT2D eigenvalue weighted by molar-refractivity contribution is 7.89. The van der Waals surface area contributed by atoms with E-state index in [1.165, 1.54) is 4.31 Å². The summed E-state index contributed by atoms with van der Waals surface area (Å²) in [6, 6.07) is 2.62. The standard InChI is InChI=1S/C17H22F2N4O3S/c1-2-3-4-16-20-17(26-21-16)12-22-7-9-23(10-8-22)27(24,25)13-5-6-14(18)15(19)11-13/h5-6,11H,2-4,7-10,12H2,1H3. The highest BCUT2D eigenvalue weighted by Gasteiger charge is 2.29. The zero-order valence-corrected chi connectivity index (χ0v) is 15.9. The summed E-state index contributed by atoms with van der Waals surface area (Å²) in [6.07, 6.45) is 2.83. The quantitative estimate of drug-likeness (QED) is 0.709. The normalized spacial score (nSPS) is 16.7. The predicted octanol–water partition coefficient (Wildman–Crippen LogP) is 2.20. The molecule has 0 saturated carbocycles. The summed E-state index contributed by atoms with van der Waals surface area (Å²) in [6.45, 7) is 4.01. The van der Waals surface area contributed by atoms with Gasteiger partial charge in [-0.2, -0.15) is 9.29 Å². The van der Waals surface area contributed by atoms with Crippen LogP contribution in [0.4, 0.5) is 8.78 Å². The zero-order chi connectivity index (χ0) is 19.4. The van der Waals surface area contributed by atoms with E-state index in [9.17, 15) is 17.2 Å². The smallest absolute Gasteiger partial charge is 0.243 e. The van der Waals surface area contributed by atoms with E-state index >= 15 is 0 Å². The number of unbranched alkanes of at least 4 members (excludes halogenated alkanes) is 1. The van der Waals surface area contributed by atoms with Crippen LogP contribution >= 0.6 is 0 Å². The van der Waals surface area contributed by atoms with E-state index in [1.807, 2.05) is 4.90 Å². The molecule has 7 nitrogen and oxygen atoms in total. The Morgan fingerprint density at radius 2 is 1.89 bits per heavy atom. The lowest BCUT2D eigenvalue weighted by Crippen LogP contribution is -2.48. The molecule has 0 unspecified atom stereocenters. The summed E-state index contributed by atoms with van der Waals surface area (Å²) in [5.41, 5.74) is 0. The van der Waals surface area contributed by atoms with Crippen LogP contribution in [0, 0.1) is 11.6 Å². The molecule has 2 aromatic rings. The van der Waals surface area contributed by atoms with Gasteiger partial charge in [0.15, 0.2) is 17.5 Å². The third-order valence-corrected chi connectivity index (χ3v) is 6.38. The van der Waals surface area contributed by atoms with Crippen molar-refractivity contribution in [2.45, 2.75) is 37.6 Å². The van der Waals surface area contributed by atoms with Crippen LogP contribution in [0.15, 0.2) is 27.6 Å². The van der Waals surface area contributed by atoms with Crippen molar-refractivity contribution in [1.29, 1.82) is 0 Å². The number of piperazine rings is 1. The Morgan fingerprint density at radius 3 is 2.56 bits per heavy atom. The van der Waals surface area contributed by atoms with E-state index in [0.29, 0.717) is 37.4 Å². The molecule has 0 aliphatic carbocycles. The molecule has 1 aromatic carbocycles. The molecular formula is C17H22F2N4O3S. The minimum atomic E-state index is -3.86. The highest BCUT2D eigenvalue weighted by atomic mass is 32.2. The number of nitrogens with zero attached hydrogens (tertiary/aromatic N) is 4. The van der Waals surface area contributed by atoms with Gasteiger partial charge in [-0.25, -0.2) is 17.2 Å². The predicted molar refractivity (Wildman–Crippen MR) is 93.3 cm³/mol. The van der Waals surface area contributed by atoms with Crippen LogP contribution in [0.5, 0.6) is 0 Å². The Bertz CT molecular complexity index is 880. The van der Waals surface area contributed by atoms with E-state index in [4.69, 9.17) is 4.52 Å². The third kappa shape index (κ3) is 4.69. The molecule has 0 radical (unpaired) electrons. The van der Waals surface area contributed by atoms with Gasteiger partial charge in [-0.15, -0.1) is 0 Å².